The summed E-state index contributed by atoms with van der Waals surface area (Å²) >= 11 is 3.37. The fourth-order valence-corrected chi connectivity index (χ4v) is 2.02. The van der Waals surface area contributed by atoms with E-state index >= 15 is 0 Å². The predicted octanol–water partition coefficient (Wildman–Crippen LogP) is 3.57. The normalized spacial score (nSPS) is 11.4. The Morgan fingerprint density at radius 3 is 2.19 bits per heavy atom. The van der Waals surface area contributed by atoms with Crippen LogP contribution in [0.25, 0.3) is 0 Å². The number of hydrogen-bond donors (Lipinski definition) is 0. The molecule has 1 aromatic rings. The van der Waals surface area contributed by atoms with Gasteiger partial charge in [0.25, 0.3) is 0 Å². The first-order valence-electron chi connectivity index (χ1n) is 5.28. The molecule has 1 nitrogen and oxygen atoms in total. The third kappa shape index (κ3) is 4.18. The van der Waals surface area contributed by atoms with Crippen LogP contribution >= 0.6 is 15.9 Å². The molecule has 0 aliphatic carbocycles. The van der Waals surface area contributed by atoms with Gasteiger partial charge in [0.2, 0.25) is 0 Å². The number of benzene rings is 1. The molecule has 1 aromatic carbocycles. The third-order valence-corrected chi connectivity index (χ3v) is 2.76. The molecule has 0 aliphatic rings. The molecule has 0 saturated heterocycles. The van der Waals surface area contributed by atoms with Gasteiger partial charge in [-0.2, -0.15) is 0 Å². The first-order chi connectivity index (χ1) is 7.52. The highest BCUT2D eigenvalue weighted by Crippen LogP contribution is 2.12. The van der Waals surface area contributed by atoms with E-state index in [0.29, 0.717) is 18.2 Å². The molecule has 1 rings (SSSR count). The first-order valence-corrected chi connectivity index (χ1v) is 6.40. The summed E-state index contributed by atoms with van der Waals surface area (Å²) in [6.07, 6.45) is 0. The molecule has 0 aliphatic heterocycles. The molecule has 90 valence electrons. The molecule has 0 heterocycles. The van der Waals surface area contributed by atoms with Crippen molar-refractivity contribution in [2.75, 3.05) is 11.9 Å². The van der Waals surface area contributed by atoms with E-state index in [1.807, 2.05) is 0 Å². The van der Waals surface area contributed by atoms with Gasteiger partial charge in [-0.05, 0) is 31.5 Å². The van der Waals surface area contributed by atoms with Crippen molar-refractivity contribution in [2.45, 2.75) is 26.4 Å². The number of alkyl halides is 1. The van der Waals surface area contributed by atoms with Gasteiger partial charge in [0, 0.05) is 30.5 Å². The summed E-state index contributed by atoms with van der Waals surface area (Å²) < 4.78 is 26.0. The van der Waals surface area contributed by atoms with Gasteiger partial charge in [-0.25, -0.2) is 8.78 Å². The molecule has 0 radical (unpaired) electrons. The zero-order valence-electron chi connectivity index (χ0n) is 9.51. The van der Waals surface area contributed by atoms with E-state index < -0.39 is 11.6 Å². The van der Waals surface area contributed by atoms with Crippen LogP contribution in [0.15, 0.2) is 18.2 Å². The quantitative estimate of drug-likeness (QED) is 0.750. The minimum absolute atomic E-state index is 0.351. The Hall–Kier alpha value is -0.480. The van der Waals surface area contributed by atoms with Crippen LogP contribution in [0, 0.1) is 11.6 Å². The zero-order valence-corrected chi connectivity index (χ0v) is 11.1. The fourth-order valence-electron chi connectivity index (χ4n) is 1.57. The molecule has 0 N–H and O–H groups in total. The number of hydrogen-bond acceptors (Lipinski definition) is 1. The molecule has 0 saturated carbocycles. The standard InChI is InChI=1S/C12H16BrF2N/c1-9(2)16(4-3-13)8-10-5-11(14)7-12(15)6-10/h5-7,9H,3-4,8H2,1-2H3. The van der Waals surface area contributed by atoms with Crippen molar-refractivity contribution in [3.63, 3.8) is 0 Å². The average molecular weight is 292 g/mol. The van der Waals surface area contributed by atoms with Crippen molar-refractivity contribution in [2.24, 2.45) is 0 Å². The second-order valence-electron chi connectivity index (χ2n) is 4.03. The van der Waals surface area contributed by atoms with E-state index in [-0.39, 0.29) is 0 Å². The number of halogens is 3. The Morgan fingerprint density at radius 1 is 1.19 bits per heavy atom. The van der Waals surface area contributed by atoms with E-state index in [0.717, 1.165) is 17.9 Å². The first kappa shape index (κ1) is 13.6. The second-order valence-corrected chi connectivity index (χ2v) is 4.82. The summed E-state index contributed by atoms with van der Waals surface area (Å²) in [5.41, 5.74) is 0.673. The highest BCUT2D eigenvalue weighted by atomic mass is 79.9. The Morgan fingerprint density at radius 2 is 1.75 bits per heavy atom. The van der Waals surface area contributed by atoms with Gasteiger partial charge in [-0.3, -0.25) is 4.90 Å². The second kappa shape index (κ2) is 6.30. The van der Waals surface area contributed by atoms with Crippen molar-refractivity contribution in [3.8, 4) is 0 Å². The summed E-state index contributed by atoms with van der Waals surface area (Å²) in [4.78, 5) is 2.16. The predicted molar refractivity (Wildman–Crippen MR) is 65.7 cm³/mol. The molecule has 0 spiro atoms. The Kier molecular flexibility index (Phi) is 5.35. The lowest BCUT2D eigenvalue weighted by molar-refractivity contribution is 0.227. The topological polar surface area (TPSA) is 3.24 Å². The van der Waals surface area contributed by atoms with Crippen LogP contribution in [0.4, 0.5) is 8.78 Å². The molecule has 0 amide bonds. The van der Waals surface area contributed by atoms with Crippen LogP contribution in [0.5, 0.6) is 0 Å². The summed E-state index contributed by atoms with van der Waals surface area (Å²) in [5, 5.41) is 0.850. The maximum Gasteiger partial charge on any atom is 0.126 e. The van der Waals surface area contributed by atoms with E-state index in [9.17, 15) is 8.78 Å². The van der Waals surface area contributed by atoms with Gasteiger partial charge in [0.15, 0.2) is 0 Å². The molecule has 0 unspecified atom stereocenters. The smallest absolute Gasteiger partial charge is 0.126 e. The Bertz CT molecular complexity index is 322. The molecule has 16 heavy (non-hydrogen) atoms. The molecule has 0 fully saturated rings. The van der Waals surface area contributed by atoms with Gasteiger partial charge in [0.1, 0.15) is 11.6 Å². The summed E-state index contributed by atoms with van der Waals surface area (Å²) in [5.74, 6) is -1.03. The highest BCUT2D eigenvalue weighted by Gasteiger charge is 2.10. The zero-order chi connectivity index (χ0) is 12.1. The van der Waals surface area contributed by atoms with Crippen LogP contribution < -0.4 is 0 Å². The van der Waals surface area contributed by atoms with Gasteiger partial charge in [0.05, 0.1) is 0 Å². The minimum atomic E-state index is -0.516. The van der Waals surface area contributed by atoms with Crippen LogP contribution in [0.1, 0.15) is 19.4 Å². The number of nitrogens with zero attached hydrogens (tertiary/aromatic N) is 1. The summed E-state index contributed by atoms with van der Waals surface area (Å²) in [6, 6.07) is 4.01. The monoisotopic (exact) mass is 291 g/mol. The van der Waals surface area contributed by atoms with Gasteiger partial charge < -0.3 is 0 Å². The molecule has 0 bridgehead atoms. The number of rotatable bonds is 5. The van der Waals surface area contributed by atoms with E-state index in [1.54, 1.807) is 0 Å². The fraction of sp³-hybridized carbons (Fsp3) is 0.500. The maximum atomic E-state index is 13.0. The van der Waals surface area contributed by atoms with Gasteiger partial charge >= 0.3 is 0 Å². The average Bonchev–Trinajstić information content (AvgIpc) is 2.15. The van der Waals surface area contributed by atoms with Crippen LogP contribution in [0.3, 0.4) is 0 Å². The lowest BCUT2D eigenvalue weighted by atomic mass is 10.2. The van der Waals surface area contributed by atoms with Crippen molar-refractivity contribution in [1.82, 2.24) is 4.90 Å². The lowest BCUT2D eigenvalue weighted by Crippen LogP contribution is -2.32. The largest absolute Gasteiger partial charge is 0.296 e. The SMILES string of the molecule is CC(C)N(CCBr)Cc1cc(F)cc(F)c1. The van der Waals surface area contributed by atoms with E-state index in [1.165, 1.54) is 12.1 Å². The highest BCUT2D eigenvalue weighted by molar-refractivity contribution is 9.09. The van der Waals surface area contributed by atoms with Gasteiger partial charge in [-0.1, -0.05) is 15.9 Å². The van der Waals surface area contributed by atoms with Crippen molar-refractivity contribution < 1.29 is 8.78 Å². The molecule has 0 atom stereocenters. The molecular formula is C12H16BrF2N. The van der Waals surface area contributed by atoms with Crippen LogP contribution in [0.2, 0.25) is 0 Å². The van der Waals surface area contributed by atoms with Crippen molar-refractivity contribution in [3.05, 3.63) is 35.4 Å². The minimum Gasteiger partial charge on any atom is -0.296 e. The summed E-state index contributed by atoms with van der Waals surface area (Å²) in [6.45, 7) is 5.56. The maximum absolute atomic E-state index is 13.0. The Labute approximate surface area is 104 Å². The Balaban J connectivity index is 2.76. The molecule has 4 heteroatoms. The van der Waals surface area contributed by atoms with E-state index in [2.05, 4.69) is 34.7 Å². The third-order valence-electron chi connectivity index (χ3n) is 2.41. The van der Waals surface area contributed by atoms with E-state index in [4.69, 9.17) is 0 Å². The summed E-state index contributed by atoms with van der Waals surface area (Å²) in [7, 11) is 0. The van der Waals surface area contributed by atoms with Crippen LogP contribution in [-0.4, -0.2) is 22.8 Å². The van der Waals surface area contributed by atoms with Crippen molar-refractivity contribution >= 4 is 15.9 Å². The molecular weight excluding hydrogens is 276 g/mol. The lowest BCUT2D eigenvalue weighted by Gasteiger charge is -2.25. The van der Waals surface area contributed by atoms with Crippen LogP contribution in [-0.2, 0) is 6.54 Å². The molecule has 0 aromatic heterocycles. The van der Waals surface area contributed by atoms with Gasteiger partial charge in [-0.15, -0.1) is 0 Å². The van der Waals surface area contributed by atoms with Crippen molar-refractivity contribution in [1.29, 1.82) is 0 Å².